The van der Waals surface area contributed by atoms with Gasteiger partial charge in [0.25, 0.3) is 15.7 Å². The fourth-order valence-corrected chi connectivity index (χ4v) is 4.11. The number of aromatic nitrogens is 2. The Labute approximate surface area is 214 Å². The monoisotopic (exact) mass is 534 g/mol. The van der Waals surface area contributed by atoms with Crippen LogP contribution in [0.3, 0.4) is 0 Å². The number of esters is 1. The van der Waals surface area contributed by atoms with Gasteiger partial charge in [0.2, 0.25) is 0 Å². The molecule has 0 radical (unpaired) electrons. The SMILES string of the molecule is Cc1ccc(S(=O)(=O)OCCOC(=O)c2ccc(COc3cnn(C(C)(C)C)c(=O)c3Cl)cc2)cc1. The number of carbonyl (C=O) groups is 1. The summed E-state index contributed by atoms with van der Waals surface area (Å²) in [4.78, 5) is 24.7. The first-order chi connectivity index (χ1) is 16.9. The zero-order chi connectivity index (χ0) is 26.5. The van der Waals surface area contributed by atoms with Gasteiger partial charge in [-0.1, -0.05) is 41.4 Å². The van der Waals surface area contributed by atoms with Gasteiger partial charge >= 0.3 is 5.97 Å². The molecule has 36 heavy (non-hydrogen) atoms. The van der Waals surface area contributed by atoms with Crippen LogP contribution in [0.2, 0.25) is 5.02 Å². The summed E-state index contributed by atoms with van der Waals surface area (Å²) in [6.45, 7) is 6.91. The van der Waals surface area contributed by atoms with Crippen LogP contribution in [0.5, 0.6) is 5.75 Å². The van der Waals surface area contributed by atoms with Crippen molar-refractivity contribution >= 4 is 27.7 Å². The normalized spacial score (nSPS) is 11.8. The van der Waals surface area contributed by atoms with E-state index in [1.54, 1.807) is 36.4 Å². The maximum Gasteiger partial charge on any atom is 0.338 e. The average molecular weight is 535 g/mol. The van der Waals surface area contributed by atoms with E-state index < -0.39 is 27.2 Å². The molecule has 0 bridgehead atoms. The summed E-state index contributed by atoms with van der Waals surface area (Å²) in [5, 5.41) is 4.05. The van der Waals surface area contributed by atoms with Gasteiger partial charge in [0.1, 0.15) is 19.8 Å². The number of ether oxygens (including phenoxy) is 2. The Morgan fingerprint density at radius 3 is 2.28 bits per heavy atom. The number of halogens is 1. The highest BCUT2D eigenvalue weighted by molar-refractivity contribution is 7.86. The minimum Gasteiger partial charge on any atom is -0.485 e. The average Bonchev–Trinajstić information content (AvgIpc) is 2.82. The molecule has 0 atom stereocenters. The Kier molecular flexibility index (Phi) is 8.55. The smallest absolute Gasteiger partial charge is 0.338 e. The van der Waals surface area contributed by atoms with Gasteiger partial charge in [-0.05, 0) is 57.5 Å². The maximum absolute atomic E-state index is 12.4. The number of hydrogen-bond donors (Lipinski definition) is 0. The van der Waals surface area contributed by atoms with E-state index in [2.05, 4.69) is 5.10 Å². The lowest BCUT2D eigenvalue weighted by atomic mass is 10.1. The molecule has 0 aliphatic carbocycles. The number of carbonyl (C=O) groups excluding carboxylic acids is 1. The fourth-order valence-electron chi connectivity index (χ4n) is 3.03. The molecule has 0 amide bonds. The van der Waals surface area contributed by atoms with Crippen LogP contribution >= 0.6 is 11.6 Å². The van der Waals surface area contributed by atoms with Crippen LogP contribution in [-0.4, -0.2) is 37.4 Å². The van der Waals surface area contributed by atoms with E-state index in [4.69, 9.17) is 25.3 Å². The first-order valence-electron chi connectivity index (χ1n) is 11.0. The van der Waals surface area contributed by atoms with Crippen molar-refractivity contribution in [2.24, 2.45) is 0 Å². The Morgan fingerprint density at radius 1 is 1.03 bits per heavy atom. The Balaban J connectivity index is 1.50. The topological polar surface area (TPSA) is 114 Å². The van der Waals surface area contributed by atoms with Gasteiger partial charge in [-0.3, -0.25) is 8.98 Å². The van der Waals surface area contributed by atoms with E-state index >= 15 is 0 Å². The van der Waals surface area contributed by atoms with Crippen LogP contribution in [0.25, 0.3) is 0 Å². The molecule has 3 rings (SSSR count). The van der Waals surface area contributed by atoms with Gasteiger partial charge in [-0.15, -0.1) is 0 Å². The lowest BCUT2D eigenvalue weighted by Gasteiger charge is -2.21. The van der Waals surface area contributed by atoms with E-state index in [0.29, 0.717) is 0 Å². The molecule has 0 saturated heterocycles. The van der Waals surface area contributed by atoms with Crippen LogP contribution in [0.4, 0.5) is 0 Å². The Bertz CT molecular complexity index is 1380. The van der Waals surface area contributed by atoms with Gasteiger partial charge in [-0.25, -0.2) is 9.48 Å². The van der Waals surface area contributed by atoms with Crippen LogP contribution in [0.1, 0.15) is 42.3 Å². The molecular weight excluding hydrogens is 508 g/mol. The molecule has 11 heteroatoms. The summed E-state index contributed by atoms with van der Waals surface area (Å²) in [5.74, 6) is -0.469. The molecule has 0 aliphatic rings. The highest BCUT2D eigenvalue weighted by Gasteiger charge is 2.20. The van der Waals surface area contributed by atoms with Crippen molar-refractivity contribution in [3.05, 3.63) is 86.8 Å². The van der Waals surface area contributed by atoms with Crippen LogP contribution in [0.15, 0.2) is 64.4 Å². The molecule has 9 nitrogen and oxygen atoms in total. The molecule has 2 aromatic carbocycles. The molecule has 0 N–H and O–H groups in total. The van der Waals surface area contributed by atoms with Crippen molar-refractivity contribution in [3.63, 3.8) is 0 Å². The molecule has 0 unspecified atom stereocenters. The van der Waals surface area contributed by atoms with Crippen molar-refractivity contribution in [1.29, 1.82) is 0 Å². The zero-order valence-electron chi connectivity index (χ0n) is 20.4. The van der Waals surface area contributed by atoms with E-state index in [9.17, 15) is 18.0 Å². The summed E-state index contributed by atoms with van der Waals surface area (Å²) in [6.07, 6.45) is 1.39. The molecule has 0 fully saturated rings. The predicted octanol–water partition coefficient (Wildman–Crippen LogP) is 4.10. The number of nitrogens with zero attached hydrogens (tertiary/aromatic N) is 2. The quantitative estimate of drug-likeness (QED) is 0.229. The van der Waals surface area contributed by atoms with Crippen molar-refractivity contribution in [2.45, 2.75) is 44.7 Å². The van der Waals surface area contributed by atoms with E-state index in [-0.39, 0.29) is 41.1 Å². The summed E-state index contributed by atoms with van der Waals surface area (Å²) >= 11 is 6.16. The first-order valence-corrected chi connectivity index (χ1v) is 12.8. The molecular formula is C25H27ClN2O7S. The Hall–Kier alpha value is -3.21. The van der Waals surface area contributed by atoms with Crippen LogP contribution < -0.4 is 10.3 Å². The Morgan fingerprint density at radius 2 is 1.67 bits per heavy atom. The van der Waals surface area contributed by atoms with Crippen molar-refractivity contribution in [2.75, 3.05) is 13.2 Å². The minimum absolute atomic E-state index is 0.0321. The second-order valence-corrected chi connectivity index (χ2v) is 10.9. The third-order valence-corrected chi connectivity index (χ3v) is 6.65. The number of aryl methyl sites for hydroxylation is 1. The first kappa shape index (κ1) is 27.4. The third-order valence-electron chi connectivity index (χ3n) is 4.97. The van der Waals surface area contributed by atoms with Crippen molar-refractivity contribution in [1.82, 2.24) is 9.78 Å². The molecule has 1 aromatic heterocycles. The second kappa shape index (κ2) is 11.2. The number of benzene rings is 2. The lowest BCUT2D eigenvalue weighted by Crippen LogP contribution is -2.36. The molecule has 192 valence electrons. The molecule has 0 saturated carbocycles. The van der Waals surface area contributed by atoms with Gasteiger partial charge < -0.3 is 9.47 Å². The fraction of sp³-hybridized carbons (Fsp3) is 0.320. The van der Waals surface area contributed by atoms with E-state index in [1.165, 1.54) is 23.0 Å². The molecule has 0 spiro atoms. The zero-order valence-corrected chi connectivity index (χ0v) is 21.9. The van der Waals surface area contributed by atoms with Crippen LogP contribution in [0, 0.1) is 6.92 Å². The van der Waals surface area contributed by atoms with Gasteiger partial charge in [0, 0.05) is 0 Å². The van der Waals surface area contributed by atoms with Crippen molar-refractivity contribution < 1.29 is 26.9 Å². The second-order valence-electron chi connectivity index (χ2n) is 8.92. The summed E-state index contributed by atoms with van der Waals surface area (Å²) < 4.78 is 41.2. The summed E-state index contributed by atoms with van der Waals surface area (Å²) in [7, 11) is -3.93. The number of hydrogen-bond acceptors (Lipinski definition) is 8. The highest BCUT2D eigenvalue weighted by atomic mass is 35.5. The van der Waals surface area contributed by atoms with Gasteiger partial charge in [0.05, 0.1) is 22.2 Å². The van der Waals surface area contributed by atoms with Crippen LogP contribution in [-0.2, 0) is 31.2 Å². The summed E-state index contributed by atoms with van der Waals surface area (Å²) in [5.41, 5.74) is 0.940. The lowest BCUT2D eigenvalue weighted by molar-refractivity contribution is 0.0453. The summed E-state index contributed by atoms with van der Waals surface area (Å²) in [6, 6.07) is 12.6. The van der Waals surface area contributed by atoms with Gasteiger partial charge in [0.15, 0.2) is 10.8 Å². The van der Waals surface area contributed by atoms with E-state index in [1.807, 2.05) is 27.7 Å². The predicted molar refractivity (Wildman–Crippen MR) is 134 cm³/mol. The number of rotatable bonds is 9. The van der Waals surface area contributed by atoms with Gasteiger partial charge in [-0.2, -0.15) is 13.5 Å². The third kappa shape index (κ3) is 6.93. The largest absolute Gasteiger partial charge is 0.485 e. The molecule has 0 aliphatic heterocycles. The minimum atomic E-state index is -3.93. The maximum atomic E-state index is 12.4. The van der Waals surface area contributed by atoms with Crippen molar-refractivity contribution in [3.8, 4) is 5.75 Å². The standard InChI is InChI=1S/C25H27ClN2O7S/c1-17-5-11-20(12-6-17)36(31,32)35-14-13-33-24(30)19-9-7-18(8-10-19)16-34-21-15-27-28(25(2,3)4)23(29)22(21)26/h5-12,15H,13-14,16H2,1-4H3. The molecule has 3 aromatic rings. The van der Waals surface area contributed by atoms with E-state index in [0.717, 1.165) is 11.1 Å². The molecule has 1 heterocycles. The highest BCUT2D eigenvalue weighted by Crippen LogP contribution is 2.22.